The van der Waals surface area contributed by atoms with E-state index in [1.807, 2.05) is 89.8 Å². The zero-order chi connectivity index (χ0) is 27.2. The first-order chi connectivity index (χ1) is 19.0. The molecule has 2 heterocycles. The molecule has 3 aromatic carbocycles. The first-order valence-electron chi connectivity index (χ1n) is 13.4. The predicted molar refractivity (Wildman–Crippen MR) is 150 cm³/mol. The number of piperidine rings is 1. The van der Waals surface area contributed by atoms with E-state index in [2.05, 4.69) is 10.2 Å². The molecule has 2 aliphatic heterocycles. The fourth-order valence-corrected chi connectivity index (χ4v) is 5.64. The SMILES string of the molecule is COc1ccccc1CCNC(=O)CN1CN(c2ccccc2)C2(CCN(C(=O)c3ccccc3)CC2)C1=O. The van der Waals surface area contributed by atoms with Crippen LogP contribution in [-0.2, 0) is 16.0 Å². The number of hydrogen-bond acceptors (Lipinski definition) is 5. The molecule has 5 rings (SSSR count). The molecule has 0 aromatic heterocycles. The molecular formula is C31H34N4O4. The highest BCUT2D eigenvalue weighted by molar-refractivity contribution is 5.97. The number of carbonyl (C=O) groups is 3. The van der Waals surface area contributed by atoms with Gasteiger partial charge in [0.2, 0.25) is 5.91 Å². The van der Waals surface area contributed by atoms with E-state index >= 15 is 0 Å². The molecule has 8 heteroatoms. The third-order valence-electron chi connectivity index (χ3n) is 7.72. The van der Waals surface area contributed by atoms with Gasteiger partial charge in [-0.2, -0.15) is 0 Å². The summed E-state index contributed by atoms with van der Waals surface area (Å²) in [6.45, 7) is 1.72. The number of hydrogen-bond donors (Lipinski definition) is 1. The third kappa shape index (κ3) is 5.46. The van der Waals surface area contributed by atoms with E-state index in [1.54, 1.807) is 12.0 Å². The molecule has 2 fully saturated rings. The maximum atomic E-state index is 13.9. The number of nitrogens with one attached hydrogen (secondary N) is 1. The van der Waals surface area contributed by atoms with Crippen LogP contribution >= 0.6 is 0 Å². The van der Waals surface area contributed by atoms with Gasteiger partial charge in [0, 0.05) is 30.9 Å². The predicted octanol–water partition coefficient (Wildman–Crippen LogP) is 3.34. The first-order valence-corrected chi connectivity index (χ1v) is 13.4. The molecule has 8 nitrogen and oxygen atoms in total. The molecule has 0 saturated carbocycles. The Balaban J connectivity index is 1.26. The minimum atomic E-state index is -0.785. The number of amides is 3. The van der Waals surface area contributed by atoms with Crippen molar-refractivity contribution in [1.29, 1.82) is 0 Å². The summed E-state index contributed by atoms with van der Waals surface area (Å²) in [5.41, 5.74) is 1.82. The normalized spacial score (nSPS) is 16.4. The number of methoxy groups -OCH3 is 1. The molecule has 0 radical (unpaired) electrons. The molecule has 1 N–H and O–H groups in total. The standard InChI is InChI=1S/C31H34N4O4/c1-39-27-15-9-8-10-24(27)16-19-32-28(36)22-34-23-35(26-13-6-3-7-14-26)31(30(34)38)17-20-33(21-18-31)29(37)25-11-4-2-5-12-25/h2-15H,16-23H2,1H3,(H,32,36). The van der Waals surface area contributed by atoms with E-state index in [9.17, 15) is 14.4 Å². The maximum absolute atomic E-state index is 13.9. The van der Waals surface area contributed by atoms with Gasteiger partial charge in [-0.1, -0.05) is 54.6 Å². The van der Waals surface area contributed by atoms with Crippen LogP contribution in [0.5, 0.6) is 5.75 Å². The monoisotopic (exact) mass is 526 g/mol. The van der Waals surface area contributed by atoms with E-state index in [4.69, 9.17) is 4.74 Å². The molecule has 2 aliphatic rings. The summed E-state index contributed by atoms with van der Waals surface area (Å²) >= 11 is 0. The van der Waals surface area contributed by atoms with Gasteiger partial charge >= 0.3 is 0 Å². The number of nitrogens with zero attached hydrogens (tertiary/aromatic N) is 3. The highest BCUT2D eigenvalue weighted by Gasteiger charge is 2.54. The molecule has 3 aromatic rings. The lowest BCUT2D eigenvalue weighted by atomic mass is 9.85. The van der Waals surface area contributed by atoms with Crippen molar-refractivity contribution in [3.8, 4) is 5.75 Å². The van der Waals surface area contributed by atoms with Crippen molar-refractivity contribution in [1.82, 2.24) is 15.1 Å². The van der Waals surface area contributed by atoms with Crippen molar-refractivity contribution in [2.45, 2.75) is 24.8 Å². The molecule has 0 aliphatic carbocycles. The molecule has 0 unspecified atom stereocenters. The van der Waals surface area contributed by atoms with Gasteiger partial charge in [-0.05, 0) is 55.2 Å². The van der Waals surface area contributed by atoms with Crippen molar-refractivity contribution < 1.29 is 19.1 Å². The number of ether oxygens (including phenoxy) is 1. The number of para-hydroxylation sites is 2. The van der Waals surface area contributed by atoms with Crippen LogP contribution in [0.3, 0.4) is 0 Å². The zero-order valence-corrected chi connectivity index (χ0v) is 22.2. The molecule has 202 valence electrons. The van der Waals surface area contributed by atoms with Crippen LogP contribution < -0.4 is 15.0 Å². The number of anilines is 1. The maximum Gasteiger partial charge on any atom is 0.253 e. The molecular weight excluding hydrogens is 492 g/mol. The fourth-order valence-electron chi connectivity index (χ4n) is 5.64. The highest BCUT2D eigenvalue weighted by atomic mass is 16.5. The van der Waals surface area contributed by atoms with Crippen molar-refractivity contribution in [2.24, 2.45) is 0 Å². The molecule has 0 bridgehead atoms. The summed E-state index contributed by atoms with van der Waals surface area (Å²) in [6, 6.07) is 26.8. The van der Waals surface area contributed by atoms with Crippen LogP contribution in [0.1, 0.15) is 28.8 Å². The lowest BCUT2D eigenvalue weighted by molar-refractivity contribution is -0.137. The van der Waals surface area contributed by atoms with Crippen LogP contribution in [0.25, 0.3) is 0 Å². The summed E-state index contributed by atoms with van der Waals surface area (Å²) in [5.74, 6) is 0.519. The Hall–Kier alpha value is -4.33. The Labute approximate surface area is 229 Å². The Morgan fingerprint density at radius 1 is 0.897 bits per heavy atom. The smallest absolute Gasteiger partial charge is 0.253 e. The Bertz CT molecular complexity index is 1310. The largest absolute Gasteiger partial charge is 0.496 e. The van der Waals surface area contributed by atoms with Crippen LogP contribution in [0, 0.1) is 0 Å². The number of likely N-dealkylation sites (tertiary alicyclic amines) is 1. The van der Waals surface area contributed by atoms with Gasteiger partial charge in [0.15, 0.2) is 0 Å². The summed E-state index contributed by atoms with van der Waals surface area (Å²) < 4.78 is 5.39. The topological polar surface area (TPSA) is 82.2 Å². The van der Waals surface area contributed by atoms with Gasteiger partial charge in [-0.25, -0.2) is 0 Å². The third-order valence-corrected chi connectivity index (χ3v) is 7.72. The second-order valence-corrected chi connectivity index (χ2v) is 10.0. The van der Waals surface area contributed by atoms with Gasteiger partial charge in [0.1, 0.15) is 17.8 Å². The zero-order valence-electron chi connectivity index (χ0n) is 22.2. The Morgan fingerprint density at radius 3 is 2.23 bits per heavy atom. The van der Waals surface area contributed by atoms with E-state index in [-0.39, 0.29) is 24.3 Å². The molecule has 2 saturated heterocycles. The summed E-state index contributed by atoms with van der Waals surface area (Å²) in [7, 11) is 1.63. The number of rotatable bonds is 8. The van der Waals surface area contributed by atoms with Crippen molar-refractivity contribution in [3.05, 3.63) is 96.1 Å². The van der Waals surface area contributed by atoms with Gasteiger partial charge in [-0.3, -0.25) is 14.4 Å². The van der Waals surface area contributed by atoms with E-state index in [0.29, 0.717) is 51.1 Å². The van der Waals surface area contributed by atoms with Crippen LogP contribution in [0.15, 0.2) is 84.9 Å². The van der Waals surface area contributed by atoms with Gasteiger partial charge in [0.05, 0.1) is 13.8 Å². The van der Waals surface area contributed by atoms with Crippen LogP contribution in [0.4, 0.5) is 5.69 Å². The summed E-state index contributed by atoms with van der Waals surface area (Å²) in [5, 5.41) is 2.96. The quantitative estimate of drug-likeness (QED) is 0.487. The summed E-state index contributed by atoms with van der Waals surface area (Å²) in [4.78, 5) is 45.4. The van der Waals surface area contributed by atoms with Crippen molar-refractivity contribution in [2.75, 3.05) is 44.9 Å². The van der Waals surface area contributed by atoms with Crippen molar-refractivity contribution in [3.63, 3.8) is 0 Å². The molecule has 39 heavy (non-hydrogen) atoms. The highest BCUT2D eigenvalue weighted by Crippen LogP contribution is 2.39. The fraction of sp³-hybridized carbons (Fsp3) is 0.323. The lowest BCUT2D eigenvalue weighted by Crippen LogP contribution is -2.57. The minimum absolute atomic E-state index is 0.0114. The minimum Gasteiger partial charge on any atom is -0.496 e. The second-order valence-electron chi connectivity index (χ2n) is 10.0. The van der Waals surface area contributed by atoms with Gasteiger partial charge < -0.3 is 24.8 Å². The summed E-state index contributed by atoms with van der Waals surface area (Å²) in [6.07, 6.45) is 1.64. The average Bonchev–Trinajstić information content (AvgIpc) is 3.24. The molecule has 3 amide bonds. The van der Waals surface area contributed by atoms with E-state index in [0.717, 1.165) is 17.0 Å². The average molecular weight is 527 g/mol. The number of benzene rings is 3. The van der Waals surface area contributed by atoms with Gasteiger partial charge in [0.25, 0.3) is 11.8 Å². The molecule has 0 atom stereocenters. The van der Waals surface area contributed by atoms with E-state index < -0.39 is 5.54 Å². The van der Waals surface area contributed by atoms with Crippen LogP contribution in [0.2, 0.25) is 0 Å². The second kappa shape index (κ2) is 11.6. The number of carbonyl (C=O) groups excluding carboxylic acids is 3. The van der Waals surface area contributed by atoms with E-state index in [1.165, 1.54) is 0 Å². The molecule has 1 spiro atoms. The Kier molecular flexibility index (Phi) is 7.81. The van der Waals surface area contributed by atoms with Gasteiger partial charge in [-0.15, -0.1) is 0 Å². The lowest BCUT2D eigenvalue weighted by Gasteiger charge is -2.43. The first kappa shape index (κ1) is 26.3. The van der Waals surface area contributed by atoms with Crippen LogP contribution in [-0.4, -0.2) is 73.0 Å². The Morgan fingerprint density at radius 2 is 1.54 bits per heavy atom. The van der Waals surface area contributed by atoms with Crippen molar-refractivity contribution >= 4 is 23.4 Å².